The van der Waals surface area contributed by atoms with E-state index in [0.717, 1.165) is 96.3 Å². The van der Waals surface area contributed by atoms with Crippen LogP contribution in [0.5, 0.6) is 0 Å². The summed E-state index contributed by atoms with van der Waals surface area (Å²) in [7, 11) is 0. The second kappa shape index (κ2) is 51.5. The summed E-state index contributed by atoms with van der Waals surface area (Å²) in [5.41, 5.74) is 0. The maximum Gasteiger partial charge on any atom is 0.306 e. The highest BCUT2D eigenvalue weighted by Gasteiger charge is 2.24. The van der Waals surface area contributed by atoms with Crippen molar-refractivity contribution in [1.82, 2.24) is 5.32 Å². The van der Waals surface area contributed by atoms with Crippen molar-refractivity contribution in [3.8, 4) is 0 Å². The summed E-state index contributed by atoms with van der Waals surface area (Å²) in [4.78, 5) is 26.1. The van der Waals surface area contributed by atoms with Crippen LogP contribution < -0.4 is 5.32 Å². The molecule has 372 valence electrons. The Bertz CT molecular complexity index is 1140. The first-order valence-corrected chi connectivity index (χ1v) is 27.5. The third kappa shape index (κ3) is 46.1. The average molecular weight is 896 g/mol. The highest BCUT2D eigenvalue weighted by molar-refractivity contribution is 5.77. The van der Waals surface area contributed by atoms with E-state index in [1.807, 2.05) is 0 Å². The fourth-order valence-corrected chi connectivity index (χ4v) is 8.10. The lowest BCUT2D eigenvalue weighted by Gasteiger charge is -2.24. The largest absolute Gasteiger partial charge is 0.462 e. The van der Waals surface area contributed by atoms with Crippen molar-refractivity contribution >= 4 is 11.9 Å². The zero-order valence-electron chi connectivity index (χ0n) is 42.4. The van der Waals surface area contributed by atoms with Crippen LogP contribution in [0.25, 0.3) is 0 Å². The SMILES string of the molecule is CCCC/C=C\CCCCCC(CC(=O)NC(CO)C(O)CCCCCCCCCCCCCCCCCCC)OC(=O)CCCCC/C=C\C/C=C\C/C=C\C/C=C\CCCCC. The molecular formula is C58H105NO5. The lowest BCUT2D eigenvalue weighted by Crippen LogP contribution is -2.46. The molecule has 0 aromatic heterocycles. The molecular weight excluding hydrogens is 791 g/mol. The number of aliphatic hydroxyl groups is 2. The van der Waals surface area contributed by atoms with E-state index in [1.54, 1.807) is 0 Å². The number of aliphatic hydroxyl groups excluding tert-OH is 2. The van der Waals surface area contributed by atoms with E-state index in [9.17, 15) is 19.8 Å². The van der Waals surface area contributed by atoms with Gasteiger partial charge < -0.3 is 20.3 Å². The molecule has 0 saturated heterocycles. The molecule has 3 N–H and O–H groups in total. The van der Waals surface area contributed by atoms with Gasteiger partial charge in [0.25, 0.3) is 0 Å². The van der Waals surface area contributed by atoms with Crippen molar-refractivity contribution in [3.05, 3.63) is 60.8 Å². The summed E-state index contributed by atoms with van der Waals surface area (Å²) in [6.07, 6.45) is 64.3. The summed E-state index contributed by atoms with van der Waals surface area (Å²) < 4.78 is 5.90. The monoisotopic (exact) mass is 896 g/mol. The quantitative estimate of drug-likeness (QED) is 0.0321. The molecule has 0 heterocycles. The number of allylic oxidation sites excluding steroid dienone is 10. The molecule has 64 heavy (non-hydrogen) atoms. The minimum absolute atomic E-state index is 0.0527. The molecule has 0 rings (SSSR count). The summed E-state index contributed by atoms with van der Waals surface area (Å²) in [5, 5.41) is 23.8. The van der Waals surface area contributed by atoms with Crippen molar-refractivity contribution in [2.45, 2.75) is 289 Å². The summed E-state index contributed by atoms with van der Waals surface area (Å²) in [5.74, 6) is -0.525. The molecule has 0 aliphatic heterocycles. The molecule has 6 nitrogen and oxygen atoms in total. The van der Waals surface area contributed by atoms with Crippen molar-refractivity contribution in [2.75, 3.05) is 6.61 Å². The van der Waals surface area contributed by atoms with E-state index in [2.05, 4.69) is 86.8 Å². The number of carbonyl (C=O) groups is 2. The Morgan fingerprint density at radius 3 is 1.30 bits per heavy atom. The number of rotatable bonds is 49. The van der Waals surface area contributed by atoms with Crippen molar-refractivity contribution in [1.29, 1.82) is 0 Å². The summed E-state index contributed by atoms with van der Waals surface area (Å²) >= 11 is 0. The van der Waals surface area contributed by atoms with Crippen LogP contribution >= 0.6 is 0 Å². The van der Waals surface area contributed by atoms with Crippen LogP contribution in [0.2, 0.25) is 0 Å². The van der Waals surface area contributed by atoms with Gasteiger partial charge in [0, 0.05) is 6.42 Å². The van der Waals surface area contributed by atoms with Crippen LogP contribution in [0.4, 0.5) is 0 Å². The smallest absolute Gasteiger partial charge is 0.306 e. The fraction of sp³-hybridized carbons (Fsp3) is 0.793. The zero-order chi connectivity index (χ0) is 46.7. The molecule has 0 aromatic carbocycles. The van der Waals surface area contributed by atoms with Gasteiger partial charge in [-0.25, -0.2) is 0 Å². The van der Waals surface area contributed by atoms with Crippen LogP contribution in [0.3, 0.4) is 0 Å². The van der Waals surface area contributed by atoms with Crippen LogP contribution in [0.1, 0.15) is 271 Å². The number of amides is 1. The number of hydrogen-bond donors (Lipinski definition) is 3. The molecule has 0 spiro atoms. The van der Waals surface area contributed by atoms with Crippen LogP contribution in [-0.2, 0) is 14.3 Å². The third-order valence-corrected chi connectivity index (χ3v) is 12.3. The number of hydrogen-bond acceptors (Lipinski definition) is 5. The highest BCUT2D eigenvalue weighted by atomic mass is 16.5. The molecule has 1 amide bonds. The van der Waals surface area contributed by atoms with E-state index in [4.69, 9.17) is 4.74 Å². The second-order valence-electron chi connectivity index (χ2n) is 18.6. The Morgan fingerprint density at radius 1 is 0.453 bits per heavy atom. The van der Waals surface area contributed by atoms with Gasteiger partial charge in [0.1, 0.15) is 6.10 Å². The van der Waals surface area contributed by atoms with E-state index in [-0.39, 0.29) is 24.9 Å². The second-order valence-corrected chi connectivity index (χ2v) is 18.6. The Morgan fingerprint density at radius 2 is 0.812 bits per heavy atom. The van der Waals surface area contributed by atoms with Crippen molar-refractivity contribution < 1.29 is 24.5 Å². The number of carbonyl (C=O) groups excluding carboxylic acids is 2. The Labute approximate surface area is 397 Å². The van der Waals surface area contributed by atoms with Crippen molar-refractivity contribution in [2.24, 2.45) is 0 Å². The van der Waals surface area contributed by atoms with Crippen LogP contribution in [0, 0.1) is 0 Å². The molecule has 6 heteroatoms. The first-order chi connectivity index (χ1) is 31.5. The first kappa shape index (κ1) is 61.6. The van der Waals surface area contributed by atoms with Crippen LogP contribution in [0.15, 0.2) is 60.8 Å². The molecule has 0 aromatic rings. The normalized spacial score (nSPS) is 13.6. The van der Waals surface area contributed by atoms with Gasteiger partial charge in [0.15, 0.2) is 0 Å². The Balaban J connectivity index is 4.46. The summed E-state index contributed by atoms with van der Waals surface area (Å²) in [6, 6.07) is -0.714. The zero-order valence-corrected chi connectivity index (χ0v) is 42.4. The number of unbranched alkanes of at least 4 members (excludes halogenated alkanes) is 27. The van der Waals surface area contributed by atoms with Crippen LogP contribution in [-0.4, -0.2) is 46.9 Å². The van der Waals surface area contributed by atoms with Gasteiger partial charge in [-0.3, -0.25) is 9.59 Å². The van der Waals surface area contributed by atoms with Gasteiger partial charge in [0.05, 0.1) is 25.2 Å². The topological polar surface area (TPSA) is 95.9 Å². The lowest BCUT2D eigenvalue weighted by molar-refractivity contribution is -0.151. The van der Waals surface area contributed by atoms with E-state index in [0.29, 0.717) is 19.3 Å². The van der Waals surface area contributed by atoms with Gasteiger partial charge >= 0.3 is 5.97 Å². The molecule has 0 aliphatic carbocycles. The maximum atomic E-state index is 13.2. The average Bonchev–Trinajstić information content (AvgIpc) is 3.29. The Hall–Kier alpha value is -2.44. The van der Waals surface area contributed by atoms with Gasteiger partial charge in [-0.2, -0.15) is 0 Å². The number of ether oxygens (including phenoxy) is 1. The molecule has 3 atom stereocenters. The molecule has 0 radical (unpaired) electrons. The highest BCUT2D eigenvalue weighted by Crippen LogP contribution is 2.18. The first-order valence-electron chi connectivity index (χ1n) is 27.5. The standard InChI is InChI=1S/C58H105NO5/c1-4-7-10-13-16-19-21-23-25-27-28-30-32-34-36-39-42-45-48-51-58(63)64-54(49-46-43-40-37-18-15-12-9-6-3)52-57(62)59-55(53-60)56(61)50-47-44-41-38-35-33-31-29-26-24-22-20-17-14-11-8-5-2/h15-16,18-19,23,25,28,30,34,36,54-56,60-61H,4-14,17,20-22,24,26-27,29,31-33,35,37-53H2,1-3H3,(H,59,62)/b18-15-,19-16-,25-23-,30-28-,36-34-. The molecule has 3 unspecified atom stereocenters. The minimum atomic E-state index is -0.798. The maximum absolute atomic E-state index is 13.2. The number of nitrogens with one attached hydrogen (secondary N) is 1. The van der Waals surface area contributed by atoms with E-state index < -0.39 is 18.2 Å². The third-order valence-electron chi connectivity index (χ3n) is 12.3. The molecule has 0 fully saturated rings. The fourth-order valence-electron chi connectivity index (χ4n) is 8.10. The van der Waals surface area contributed by atoms with Gasteiger partial charge in [-0.05, 0) is 89.9 Å². The van der Waals surface area contributed by atoms with Gasteiger partial charge in [0.2, 0.25) is 5.91 Å². The molecule has 0 saturated carbocycles. The lowest BCUT2D eigenvalue weighted by atomic mass is 10.0. The van der Waals surface area contributed by atoms with E-state index in [1.165, 1.54) is 128 Å². The predicted molar refractivity (Wildman–Crippen MR) is 278 cm³/mol. The van der Waals surface area contributed by atoms with Crippen molar-refractivity contribution in [3.63, 3.8) is 0 Å². The van der Waals surface area contributed by atoms with Gasteiger partial charge in [-0.1, -0.05) is 229 Å². The van der Waals surface area contributed by atoms with E-state index >= 15 is 0 Å². The van der Waals surface area contributed by atoms with Gasteiger partial charge in [-0.15, -0.1) is 0 Å². The number of esters is 1. The minimum Gasteiger partial charge on any atom is -0.462 e. The molecule has 0 bridgehead atoms. The Kier molecular flexibility index (Phi) is 49.6. The molecule has 0 aliphatic rings. The summed E-state index contributed by atoms with van der Waals surface area (Å²) in [6.45, 7) is 6.41. The predicted octanol–water partition coefficient (Wildman–Crippen LogP) is 16.8.